The number of benzene rings is 2. The molecule has 0 fully saturated rings. The number of hydrogen-bond donors (Lipinski definition) is 2. The van der Waals surface area contributed by atoms with Crippen molar-refractivity contribution in [3.05, 3.63) is 65.2 Å². The summed E-state index contributed by atoms with van der Waals surface area (Å²) in [5.41, 5.74) is 4.88. The lowest BCUT2D eigenvalue weighted by Crippen LogP contribution is -2.35. The number of carbonyl (C=O) groups excluding carboxylic acids is 2. The van der Waals surface area contributed by atoms with Crippen molar-refractivity contribution in [1.82, 2.24) is 10.7 Å². The molecule has 2 amide bonds. The van der Waals surface area contributed by atoms with E-state index in [0.29, 0.717) is 17.2 Å². The number of rotatable bonds is 7. The molecule has 0 bridgehead atoms. The van der Waals surface area contributed by atoms with Crippen LogP contribution in [0.25, 0.3) is 0 Å². The van der Waals surface area contributed by atoms with Gasteiger partial charge in [0.2, 0.25) is 0 Å². The second-order valence-electron chi connectivity index (χ2n) is 6.00. The van der Waals surface area contributed by atoms with Gasteiger partial charge < -0.3 is 10.1 Å². The quantitative estimate of drug-likeness (QED) is 0.593. The molecule has 0 heterocycles. The molecule has 0 spiro atoms. The summed E-state index contributed by atoms with van der Waals surface area (Å²) in [6.07, 6.45) is 1.56. The third kappa shape index (κ3) is 5.44. The molecule has 0 atom stereocenters. The molecule has 0 aliphatic carbocycles. The lowest BCUT2D eigenvalue weighted by Gasteiger charge is -2.08. The normalized spacial score (nSPS) is 10.8. The largest absolute Gasteiger partial charge is 0.496 e. The fourth-order valence-electron chi connectivity index (χ4n) is 2.27. The summed E-state index contributed by atoms with van der Waals surface area (Å²) < 4.78 is 5.13. The third-order valence-corrected chi connectivity index (χ3v) is 3.77. The lowest BCUT2D eigenvalue weighted by molar-refractivity contribution is -0.120. The first-order valence-electron chi connectivity index (χ1n) is 8.34. The van der Waals surface area contributed by atoms with E-state index in [9.17, 15) is 9.59 Å². The summed E-state index contributed by atoms with van der Waals surface area (Å²) in [4.78, 5) is 23.9. The topological polar surface area (TPSA) is 79.8 Å². The van der Waals surface area contributed by atoms with Crippen LogP contribution in [0.15, 0.2) is 53.6 Å². The number of nitrogens with one attached hydrogen (secondary N) is 2. The van der Waals surface area contributed by atoms with Gasteiger partial charge in [-0.25, -0.2) is 5.43 Å². The predicted octanol–water partition coefficient (Wildman–Crippen LogP) is 2.70. The van der Waals surface area contributed by atoms with Crippen LogP contribution in [-0.4, -0.2) is 31.7 Å². The molecular formula is C20H23N3O3. The molecule has 0 saturated heterocycles. The molecule has 0 radical (unpaired) electrons. The van der Waals surface area contributed by atoms with Gasteiger partial charge in [0.05, 0.1) is 25.4 Å². The highest BCUT2D eigenvalue weighted by Gasteiger charge is 2.12. The van der Waals surface area contributed by atoms with Crippen molar-refractivity contribution in [3.8, 4) is 5.75 Å². The highest BCUT2D eigenvalue weighted by atomic mass is 16.5. The molecule has 6 heteroatoms. The number of hydrazone groups is 1. The summed E-state index contributed by atoms with van der Waals surface area (Å²) in [6, 6.07) is 14.7. The van der Waals surface area contributed by atoms with Crippen LogP contribution in [0.5, 0.6) is 5.75 Å². The van der Waals surface area contributed by atoms with Gasteiger partial charge in [0.25, 0.3) is 11.8 Å². The summed E-state index contributed by atoms with van der Waals surface area (Å²) in [7, 11) is 1.49. The van der Waals surface area contributed by atoms with Gasteiger partial charge in [0.15, 0.2) is 0 Å². The number of ether oxygens (including phenoxy) is 1. The van der Waals surface area contributed by atoms with Crippen molar-refractivity contribution < 1.29 is 14.3 Å². The van der Waals surface area contributed by atoms with Crippen molar-refractivity contribution in [2.45, 2.75) is 19.8 Å². The molecule has 0 aromatic heterocycles. The first-order valence-corrected chi connectivity index (χ1v) is 8.34. The molecule has 2 rings (SSSR count). The van der Waals surface area contributed by atoms with E-state index >= 15 is 0 Å². The van der Waals surface area contributed by atoms with Crippen LogP contribution in [0.1, 0.15) is 41.3 Å². The molecule has 2 aromatic carbocycles. The average molecular weight is 353 g/mol. The summed E-state index contributed by atoms with van der Waals surface area (Å²) >= 11 is 0. The molecule has 2 N–H and O–H groups in total. The molecule has 2 aromatic rings. The molecule has 0 aliphatic heterocycles. The van der Waals surface area contributed by atoms with Crippen molar-refractivity contribution in [1.29, 1.82) is 0 Å². The van der Waals surface area contributed by atoms with Crippen LogP contribution in [0.4, 0.5) is 0 Å². The standard InChI is InChI=1S/C20H23N3O3/c1-14(2)16-10-8-15(9-11-16)12-22-23-19(24)13-21-20(25)17-6-4-5-7-18(17)26-3/h4-12,14H,13H2,1-3H3,(H,21,25)(H,23,24). The van der Waals surface area contributed by atoms with Gasteiger partial charge >= 0.3 is 0 Å². The highest BCUT2D eigenvalue weighted by molar-refractivity contribution is 5.98. The smallest absolute Gasteiger partial charge is 0.259 e. The van der Waals surface area contributed by atoms with Gasteiger partial charge in [0.1, 0.15) is 5.75 Å². The van der Waals surface area contributed by atoms with E-state index in [4.69, 9.17) is 4.74 Å². The fraction of sp³-hybridized carbons (Fsp3) is 0.250. The van der Waals surface area contributed by atoms with E-state index in [1.54, 1.807) is 30.5 Å². The molecule has 0 aliphatic rings. The van der Waals surface area contributed by atoms with Crippen LogP contribution in [-0.2, 0) is 4.79 Å². The van der Waals surface area contributed by atoms with Crippen molar-refractivity contribution >= 4 is 18.0 Å². The number of nitrogens with zero attached hydrogens (tertiary/aromatic N) is 1. The molecule has 26 heavy (non-hydrogen) atoms. The first-order chi connectivity index (χ1) is 12.5. The molecule has 136 valence electrons. The third-order valence-electron chi connectivity index (χ3n) is 3.77. The highest BCUT2D eigenvalue weighted by Crippen LogP contribution is 2.16. The van der Waals surface area contributed by atoms with Crippen molar-refractivity contribution in [2.24, 2.45) is 5.10 Å². The SMILES string of the molecule is COc1ccccc1C(=O)NCC(=O)NN=Cc1ccc(C(C)C)cc1. The Morgan fingerprint density at radius 3 is 2.46 bits per heavy atom. The Morgan fingerprint density at radius 1 is 1.12 bits per heavy atom. The average Bonchev–Trinajstić information content (AvgIpc) is 2.66. The number of hydrogen-bond acceptors (Lipinski definition) is 4. The van der Waals surface area contributed by atoms with E-state index in [-0.39, 0.29) is 12.5 Å². The molecule has 0 unspecified atom stereocenters. The maximum absolute atomic E-state index is 12.1. The number of para-hydroxylation sites is 1. The van der Waals surface area contributed by atoms with Crippen LogP contribution < -0.4 is 15.5 Å². The van der Waals surface area contributed by atoms with Crippen LogP contribution >= 0.6 is 0 Å². The zero-order valence-corrected chi connectivity index (χ0v) is 15.2. The Hall–Kier alpha value is -3.15. The summed E-state index contributed by atoms with van der Waals surface area (Å²) in [5.74, 6) is 0.120. The Balaban J connectivity index is 1.82. The number of carbonyl (C=O) groups is 2. The maximum Gasteiger partial charge on any atom is 0.259 e. The minimum Gasteiger partial charge on any atom is -0.496 e. The van der Waals surface area contributed by atoms with Crippen LogP contribution in [0.3, 0.4) is 0 Å². The van der Waals surface area contributed by atoms with Gasteiger partial charge in [-0.1, -0.05) is 50.2 Å². The Morgan fingerprint density at radius 2 is 1.81 bits per heavy atom. The second-order valence-corrected chi connectivity index (χ2v) is 6.00. The first kappa shape index (κ1) is 19.2. The van der Waals surface area contributed by atoms with E-state index in [1.807, 2.05) is 24.3 Å². The van der Waals surface area contributed by atoms with E-state index < -0.39 is 5.91 Å². The minimum atomic E-state index is -0.414. The van der Waals surface area contributed by atoms with E-state index in [1.165, 1.54) is 12.7 Å². The van der Waals surface area contributed by atoms with Gasteiger partial charge in [-0.05, 0) is 29.2 Å². The van der Waals surface area contributed by atoms with Crippen molar-refractivity contribution in [3.63, 3.8) is 0 Å². The maximum atomic E-state index is 12.1. The summed E-state index contributed by atoms with van der Waals surface area (Å²) in [5, 5.41) is 6.44. The predicted molar refractivity (Wildman–Crippen MR) is 102 cm³/mol. The fourth-order valence-corrected chi connectivity index (χ4v) is 2.27. The van der Waals surface area contributed by atoms with Gasteiger partial charge in [0, 0.05) is 0 Å². The van der Waals surface area contributed by atoms with Gasteiger partial charge in [-0.2, -0.15) is 5.10 Å². The Bertz CT molecular complexity index is 783. The Kier molecular flexibility index (Phi) is 6.91. The number of amides is 2. The number of methoxy groups -OCH3 is 1. The monoisotopic (exact) mass is 353 g/mol. The van der Waals surface area contributed by atoms with Crippen LogP contribution in [0, 0.1) is 0 Å². The zero-order valence-electron chi connectivity index (χ0n) is 15.2. The minimum absolute atomic E-state index is 0.180. The lowest BCUT2D eigenvalue weighted by atomic mass is 10.0. The van der Waals surface area contributed by atoms with Crippen molar-refractivity contribution in [2.75, 3.05) is 13.7 Å². The van der Waals surface area contributed by atoms with E-state index in [0.717, 1.165) is 5.56 Å². The van der Waals surface area contributed by atoms with Gasteiger partial charge in [-0.15, -0.1) is 0 Å². The summed E-state index contributed by atoms with van der Waals surface area (Å²) in [6.45, 7) is 4.08. The molecular weight excluding hydrogens is 330 g/mol. The zero-order chi connectivity index (χ0) is 18.9. The molecule has 0 saturated carbocycles. The van der Waals surface area contributed by atoms with Crippen LogP contribution in [0.2, 0.25) is 0 Å². The van der Waals surface area contributed by atoms with E-state index in [2.05, 4.69) is 29.7 Å². The Labute approximate surface area is 153 Å². The molecule has 6 nitrogen and oxygen atoms in total. The second kappa shape index (κ2) is 9.36. The van der Waals surface area contributed by atoms with Gasteiger partial charge in [-0.3, -0.25) is 9.59 Å².